The van der Waals surface area contributed by atoms with Gasteiger partial charge in [-0.3, -0.25) is 4.79 Å². The van der Waals surface area contributed by atoms with E-state index in [2.05, 4.69) is 40.9 Å². The molecule has 0 amide bonds. The van der Waals surface area contributed by atoms with Crippen LogP contribution in [0.15, 0.2) is 61.1 Å². The van der Waals surface area contributed by atoms with E-state index in [-0.39, 0.29) is 5.78 Å². The van der Waals surface area contributed by atoms with Crippen molar-refractivity contribution in [3.8, 4) is 23.0 Å². The third-order valence-corrected chi connectivity index (χ3v) is 3.39. The SMILES string of the molecule is Cc1ccc(C#CC(=O)c2cnc[nH]2)cc1-c1ccccc1. The minimum Gasteiger partial charge on any atom is -0.341 e. The third kappa shape index (κ3) is 2.97. The average Bonchev–Trinajstić information content (AvgIpc) is 3.09. The molecule has 3 nitrogen and oxygen atoms in total. The molecule has 1 N–H and O–H groups in total. The van der Waals surface area contributed by atoms with Crippen molar-refractivity contribution < 1.29 is 4.79 Å². The maximum Gasteiger partial charge on any atom is 0.254 e. The van der Waals surface area contributed by atoms with Crippen LogP contribution in [0.2, 0.25) is 0 Å². The molecule has 3 heteroatoms. The zero-order valence-corrected chi connectivity index (χ0v) is 12.1. The zero-order chi connectivity index (χ0) is 15.4. The summed E-state index contributed by atoms with van der Waals surface area (Å²) in [5.41, 5.74) is 4.67. The number of nitrogens with one attached hydrogen (secondary N) is 1. The van der Waals surface area contributed by atoms with Gasteiger partial charge in [-0.1, -0.05) is 42.3 Å². The zero-order valence-electron chi connectivity index (χ0n) is 12.1. The molecule has 0 saturated carbocycles. The van der Waals surface area contributed by atoms with Gasteiger partial charge < -0.3 is 4.98 Å². The topological polar surface area (TPSA) is 45.8 Å². The van der Waals surface area contributed by atoms with Crippen LogP contribution in [0, 0.1) is 18.8 Å². The molecule has 0 fully saturated rings. The minimum absolute atomic E-state index is 0.265. The second-order valence-corrected chi connectivity index (χ2v) is 4.94. The Morgan fingerprint density at radius 1 is 1.14 bits per heavy atom. The monoisotopic (exact) mass is 286 g/mol. The molecule has 106 valence electrons. The van der Waals surface area contributed by atoms with Crippen LogP contribution in [0.25, 0.3) is 11.1 Å². The summed E-state index contributed by atoms with van der Waals surface area (Å²) in [6.45, 7) is 2.06. The van der Waals surface area contributed by atoms with Gasteiger partial charge in [0.1, 0.15) is 5.69 Å². The fourth-order valence-electron chi connectivity index (χ4n) is 2.20. The number of H-pyrrole nitrogens is 1. The molecular formula is C19H14N2O. The van der Waals surface area contributed by atoms with Gasteiger partial charge >= 0.3 is 0 Å². The molecule has 0 aliphatic heterocycles. The van der Waals surface area contributed by atoms with E-state index in [1.165, 1.54) is 18.1 Å². The lowest BCUT2D eigenvalue weighted by Crippen LogP contribution is -1.94. The molecule has 0 unspecified atom stereocenters. The predicted octanol–water partition coefficient (Wildman–Crippen LogP) is 3.62. The molecular weight excluding hydrogens is 272 g/mol. The van der Waals surface area contributed by atoms with Crippen LogP contribution in [0.3, 0.4) is 0 Å². The number of carbonyl (C=O) groups excluding carboxylic acids is 1. The Bertz CT molecular complexity index is 853. The molecule has 0 bridgehead atoms. The summed E-state index contributed by atoms with van der Waals surface area (Å²) < 4.78 is 0. The van der Waals surface area contributed by atoms with Crippen molar-refractivity contribution in [3.63, 3.8) is 0 Å². The van der Waals surface area contributed by atoms with Gasteiger partial charge in [-0.2, -0.15) is 0 Å². The number of nitrogens with zero attached hydrogens (tertiary/aromatic N) is 1. The molecule has 1 aromatic heterocycles. The van der Waals surface area contributed by atoms with Crippen LogP contribution in [0.5, 0.6) is 0 Å². The number of Topliss-reactive ketones (excluding diaryl/α,β-unsaturated/α-hetero) is 1. The van der Waals surface area contributed by atoms with Gasteiger partial charge in [0.15, 0.2) is 0 Å². The van der Waals surface area contributed by atoms with Gasteiger partial charge in [-0.25, -0.2) is 4.98 Å². The number of rotatable bonds is 2. The highest BCUT2D eigenvalue weighted by Crippen LogP contribution is 2.24. The van der Waals surface area contributed by atoms with Crippen LogP contribution in [-0.2, 0) is 0 Å². The number of aromatic amines is 1. The first kappa shape index (κ1) is 13.8. The number of imidazole rings is 1. The summed E-state index contributed by atoms with van der Waals surface area (Å²) in [6, 6.07) is 16.1. The van der Waals surface area contributed by atoms with E-state index in [4.69, 9.17) is 0 Å². The van der Waals surface area contributed by atoms with E-state index < -0.39 is 0 Å². The molecule has 0 spiro atoms. The molecule has 0 atom stereocenters. The lowest BCUT2D eigenvalue weighted by molar-refractivity contribution is 0.105. The van der Waals surface area contributed by atoms with Crippen LogP contribution < -0.4 is 0 Å². The molecule has 0 aliphatic carbocycles. The standard InChI is InChI=1S/C19H14N2O/c1-14-7-8-15(9-10-19(22)18-12-20-13-21-18)11-17(14)16-5-3-2-4-6-16/h2-8,11-13H,1H3,(H,20,21). The van der Waals surface area contributed by atoms with Crippen molar-refractivity contribution in [1.29, 1.82) is 0 Å². The summed E-state index contributed by atoms with van der Waals surface area (Å²) in [4.78, 5) is 18.4. The fraction of sp³-hybridized carbons (Fsp3) is 0.0526. The summed E-state index contributed by atoms with van der Waals surface area (Å²) in [5.74, 6) is 5.30. The summed E-state index contributed by atoms with van der Waals surface area (Å²) in [6.07, 6.45) is 2.94. The molecule has 1 heterocycles. The quantitative estimate of drug-likeness (QED) is 0.577. The summed E-state index contributed by atoms with van der Waals surface area (Å²) in [5, 5.41) is 0. The number of benzene rings is 2. The first-order valence-corrected chi connectivity index (χ1v) is 6.95. The lowest BCUT2D eigenvalue weighted by atomic mass is 9.98. The molecule has 0 radical (unpaired) electrons. The van der Waals surface area contributed by atoms with Crippen molar-refractivity contribution >= 4 is 5.78 Å². The summed E-state index contributed by atoms with van der Waals surface area (Å²) in [7, 11) is 0. The summed E-state index contributed by atoms with van der Waals surface area (Å²) >= 11 is 0. The van der Waals surface area contributed by atoms with Crippen molar-refractivity contribution in [3.05, 3.63) is 77.9 Å². The Labute approximate surface area is 129 Å². The normalized spacial score (nSPS) is 9.86. The maximum atomic E-state index is 11.9. The Morgan fingerprint density at radius 2 is 1.95 bits per heavy atom. The largest absolute Gasteiger partial charge is 0.341 e. The second kappa shape index (κ2) is 6.11. The number of hydrogen-bond donors (Lipinski definition) is 1. The minimum atomic E-state index is -0.265. The van der Waals surface area contributed by atoms with E-state index in [1.807, 2.05) is 36.4 Å². The van der Waals surface area contributed by atoms with Gasteiger partial charge in [-0.15, -0.1) is 0 Å². The van der Waals surface area contributed by atoms with E-state index >= 15 is 0 Å². The number of aryl methyl sites for hydroxylation is 1. The third-order valence-electron chi connectivity index (χ3n) is 3.39. The predicted molar refractivity (Wildman–Crippen MR) is 86.4 cm³/mol. The molecule has 0 saturated heterocycles. The van der Waals surface area contributed by atoms with Gasteiger partial charge in [0, 0.05) is 5.56 Å². The van der Waals surface area contributed by atoms with Crippen LogP contribution in [-0.4, -0.2) is 15.8 Å². The van der Waals surface area contributed by atoms with Gasteiger partial charge in [-0.05, 0) is 41.7 Å². The number of hydrogen-bond acceptors (Lipinski definition) is 2. The average molecular weight is 286 g/mol. The van der Waals surface area contributed by atoms with Crippen molar-refractivity contribution in [2.75, 3.05) is 0 Å². The van der Waals surface area contributed by atoms with Gasteiger partial charge in [0.25, 0.3) is 5.78 Å². The highest BCUT2D eigenvalue weighted by molar-refractivity contribution is 6.07. The Hall–Kier alpha value is -3.12. The van der Waals surface area contributed by atoms with Gasteiger partial charge in [0.2, 0.25) is 0 Å². The van der Waals surface area contributed by atoms with E-state index in [1.54, 1.807) is 0 Å². The first-order valence-electron chi connectivity index (χ1n) is 6.95. The molecule has 2 aromatic carbocycles. The fourth-order valence-corrected chi connectivity index (χ4v) is 2.20. The molecule has 3 rings (SSSR count). The van der Waals surface area contributed by atoms with Crippen LogP contribution in [0.4, 0.5) is 0 Å². The second-order valence-electron chi connectivity index (χ2n) is 4.94. The number of carbonyl (C=O) groups is 1. The van der Waals surface area contributed by atoms with Crippen LogP contribution >= 0.6 is 0 Å². The van der Waals surface area contributed by atoms with E-state index in [0.29, 0.717) is 5.69 Å². The van der Waals surface area contributed by atoms with E-state index in [9.17, 15) is 4.79 Å². The lowest BCUT2D eigenvalue weighted by Gasteiger charge is -2.06. The number of ketones is 1. The highest BCUT2D eigenvalue weighted by Gasteiger charge is 2.04. The smallest absolute Gasteiger partial charge is 0.254 e. The Kier molecular flexibility index (Phi) is 3.84. The maximum absolute atomic E-state index is 11.9. The number of aromatic nitrogens is 2. The highest BCUT2D eigenvalue weighted by atomic mass is 16.1. The molecule has 22 heavy (non-hydrogen) atoms. The van der Waals surface area contributed by atoms with Crippen molar-refractivity contribution in [2.24, 2.45) is 0 Å². The van der Waals surface area contributed by atoms with Crippen molar-refractivity contribution in [2.45, 2.75) is 6.92 Å². The van der Waals surface area contributed by atoms with Crippen molar-refractivity contribution in [1.82, 2.24) is 9.97 Å². The first-order chi connectivity index (χ1) is 10.7. The van der Waals surface area contributed by atoms with Gasteiger partial charge in [0.05, 0.1) is 12.5 Å². The molecule has 0 aliphatic rings. The Balaban J connectivity index is 1.92. The Morgan fingerprint density at radius 3 is 2.68 bits per heavy atom. The molecule has 3 aromatic rings. The van der Waals surface area contributed by atoms with E-state index in [0.717, 1.165) is 16.7 Å². The van der Waals surface area contributed by atoms with Crippen LogP contribution in [0.1, 0.15) is 21.6 Å².